The number of nitrogens with one attached hydrogen (secondary N) is 2. The van der Waals surface area contributed by atoms with Crippen LogP contribution in [0.2, 0.25) is 0 Å². The maximum atomic E-state index is 12.1. The van der Waals surface area contributed by atoms with Crippen molar-refractivity contribution in [3.05, 3.63) is 24.3 Å². The van der Waals surface area contributed by atoms with Gasteiger partial charge in [0.2, 0.25) is 11.8 Å². The van der Waals surface area contributed by atoms with E-state index >= 15 is 0 Å². The fraction of sp³-hybridized carbons (Fsp3) is 0.556. The van der Waals surface area contributed by atoms with Crippen LogP contribution in [0.15, 0.2) is 24.3 Å². The van der Waals surface area contributed by atoms with E-state index in [9.17, 15) is 9.59 Å². The predicted octanol–water partition coefficient (Wildman–Crippen LogP) is 1.11. The third kappa shape index (κ3) is 3.24. The fourth-order valence-electron chi connectivity index (χ4n) is 3.75. The van der Waals surface area contributed by atoms with Crippen LogP contribution >= 0.6 is 0 Å². The van der Waals surface area contributed by atoms with Crippen LogP contribution in [-0.2, 0) is 9.59 Å². The summed E-state index contributed by atoms with van der Waals surface area (Å²) in [5, 5.41) is 5.88. The van der Waals surface area contributed by atoms with E-state index in [0.717, 1.165) is 18.8 Å². The van der Waals surface area contributed by atoms with Gasteiger partial charge in [-0.05, 0) is 38.5 Å². The second-order valence-corrected chi connectivity index (χ2v) is 6.86. The van der Waals surface area contributed by atoms with Gasteiger partial charge in [-0.1, -0.05) is 6.07 Å². The Kier molecular flexibility index (Phi) is 4.76. The molecular formula is C18H26N4O2. The summed E-state index contributed by atoms with van der Waals surface area (Å²) in [4.78, 5) is 27.9. The minimum Gasteiger partial charge on any atom is -0.364 e. The molecule has 0 unspecified atom stereocenters. The second kappa shape index (κ2) is 6.81. The number of piperidine rings is 1. The smallest absolute Gasteiger partial charge is 0.249 e. The SMILES string of the molecule is C[C@@H]1CNC[C@H](C)N1c1cccc(N(C)[C@H]2CCC(=O)NC2=O)c1. The Hall–Kier alpha value is -2.08. The molecule has 2 aliphatic heterocycles. The van der Waals surface area contributed by atoms with Crippen molar-refractivity contribution >= 4 is 23.2 Å². The summed E-state index contributed by atoms with van der Waals surface area (Å²) in [5.41, 5.74) is 2.17. The standard InChI is InChI=1S/C18H26N4O2/c1-12-10-19-11-13(2)22(12)15-6-4-5-14(9-15)21(3)16-7-8-17(23)20-18(16)24/h4-6,9,12-13,16,19H,7-8,10-11H2,1-3H3,(H,20,23,24)/t12-,13+,16-/m0/s1. The lowest BCUT2D eigenvalue weighted by Crippen LogP contribution is -2.55. The van der Waals surface area contributed by atoms with Crippen molar-refractivity contribution in [2.45, 2.75) is 44.8 Å². The average Bonchev–Trinajstić information content (AvgIpc) is 2.54. The minimum atomic E-state index is -0.296. The number of benzene rings is 1. The average molecular weight is 330 g/mol. The molecule has 2 heterocycles. The summed E-state index contributed by atoms with van der Waals surface area (Å²) in [5.74, 6) is -0.384. The molecule has 0 aliphatic carbocycles. The van der Waals surface area contributed by atoms with E-state index in [1.54, 1.807) is 0 Å². The molecule has 6 nitrogen and oxygen atoms in total. The van der Waals surface area contributed by atoms with E-state index in [2.05, 4.69) is 41.5 Å². The molecule has 24 heavy (non-hydrogen) atoms. The van der Waals surface area contributed by atoms with Crippen LogP contribution < -0.4 is 20.4 Å². The molecule has 0 spiro atoms. The summed E-state index contributed by atoms with van der Waals surface area (Å²) in [7, 11) is 1.92. The van der Waals surface area contributed by atoms with E-state index in [1.807, 2.05) is 24.1 Å². The van der Waals surface area contributed by atoms with Crippen molar-refractivity contribution < 1.29 is 9.59 Å². The molecule has 2 aliphatic rings. The van der Waals surface area contributed by atoms with Gasteiger partial charge in [-0.15, -0.1) is 0 Å². The normalized spacial score (nSPS) is 27.8. The first-order valence-corrected chi connectivity index (χ1v) is 8.63. The molecule has 2 N–H and O–H groups in total. The molecule has 0 saturated carbocycles. The van der Waals surface area contributed by atoms with Gasteiger partial charge in [0.25, 0.3) is 0 Å². The Morgan fingerprint density at radius 2 is 1.88 bits per heavy atom. The summed E-state index contributed by atoms with van der Waals surface area (Å²) >= 11 is 0. The maximum Gasteiger partial charge on any atom is 0.249 e. The molecular weight excluding hydrogens is 304 g/mol. The van der Waals surface area contributed by atoms with Crippen LogP contribution in [0, 0.1) is 0 Å². The third-order valence-corrected chi connectivity index (χ3v) is 5.04. The van der Waals surface area contributed by atoms with E-state index < -0.39 is 0 Å². The van der Waals surface area contributed by atoms with Gasteiger partial charge >= 0.3 is 0 Å². The summed E-state index contributed by atoms with van der Waals surface area (Å²) in [6.07, 6.45) is 0.956. The number of rotatable bonds is 3. The summed E-state index contributed by atoms with van der Waals surface area (Å²) in [6.45, 7) is 6.38. The first-order chi connectivity index (χ1) is 11.5. The molecule has 2 fully saturated rings. The predicted molar refractivity (Wildman–Crippen MR) is 95.3 cm³/mol. The van der Waals surface area contributed by atoms with Gasteiger partial charge < -0.3 is 15.1 Å². The van der Waals surface area contributed by atoms with Crippen LogP contribution in [0.4, 0.5) is 11.4 Å². The quantitative estimate of drug-likeness (QED) is 0.813. The first-order valence-electron chi connectivity index (χ1n) is 8.63. The molecule has 1 aromatic rings. The van der Waals surface area contributed by atoms with Gasteiger partial charge in [-0.25, -0.2) is 0 Å². The summed E-state index contributed by atoms with van der Waals surface area (Å²) in [6, 6.07) is 8.87. The van der Waals surface area contributed by atoms with Crippen LogP contribution in [-0.4, -0.2) is 50.1 Å². The van der Waals surface area contributed by atoms with Crippen LogP contribution in [0.3, 0.4) is 0 Å². The number of imide groups is 1. The number of carbonyl (C=O) groups is 2. The number of nitrogens with zero attached hydrogens (tertiary/aromatic N) is 2. The van der Waals surface area contributed by atoms with Gasteiger partial charge in [0, 0.05) is 50.0 Å². The number of hydrogen-bond acceptors (Lipinski definition) is 5. The number of hydrogen-bond donors (Lipinski definition) is 2. The van der Waals surface area contributed by atoms with Crippen molar-refractivity contribution in [2.24, 2.45) is 0 Å². The molecule has 130 valence electrons. The number of carbonyl (C=O) groups excluding carboxylic acids is 2. The van der Waals surface area contributed by atoms with Crippen LogP contribution in [0.1, 0.15) is 26.7 Å². The largest absolute Gasteiger partial charge is 0.364 e. The monoisotopic (exact) mass is 330 g/mol. The molecule has 2 saturated heterocycles. The molecule has 0 bridgehead atoms. The number of likely N-dealkylation sites (N-methyl/N-ethyl adjacent to an activating group) is 1. The number of amides is 2. The van der Waals surface area contributed by atoms with Crippen molar-refractivity contribution in [1.82, 2.24) is 10.6 Å². The zero-order chi connectivity index (χ0) is 17.3. The highest BCUT2D eigenvalue weighted by Gasteiger charge is 2.30. The Morgan fingerprint density at radius 3 is 2.54 bits per heavy atom. The Labute approximate surface area is 143 Å². The molecule has 1 aromatic carbocycles. The lowest BCUT2D eigenvalue weighted by molar-refractivity contribution is -0.134. The van der Waals surface area contributed by atoms with Gasteiger partial charge in [-0.3, -0.25) is 14.9 Å². The summed E-state index contributed by atoms with van der Waals surface area (Å²) < 4.78 is 0. The maximum absolute atomic E-state index is 12.1. The molecule has 3 rings (SSSR count). The van der Waals surface area contributed by atoms with Gasteiger partial charge in [0.1, 0.15) is 6.04 Å². The zero-order valence-electron chi connectivity index (χ0n) is 14.6. The van der Waals surface area contributed by atoms with Gasteiger partial charge in [0.15, 0.2) is 0 Å². The van der Waals surface area contributed by atoms with Crippen molar-refractivity contribution in [3.8, 4) is 0 Å². The zero-order valence-corrected chi connectivity index (χ0v) is 14.6. The third-order valence-electron chi connectivity index (χ3n) is 5.04. The van der Waals surface area contributed by atoms with E-state index in [0.29, 0.717) is 24.9 Å². The van der Waals surface area contributed by atoms with Gasteiger partial charge in [-0.2, -0.15) is 0 Å². The molecule has 0 aromatic heterocycles. The highest BCUT2D eigenvalue weighted by atomic mass is 16.2. The lowest BCUT2D eigenvalue weighted by atomic mass is 10.0. The van der Waals surface area contributed by atoms with Crippen molar-refractivity contribution in [2.75, 3.05) is 29.9 Å². The molecule has 0 radical (unpaired) electrons. The Morgan fingerprint density at radius 1 is 1.17 bits per heavy atom. The first kappa shape index (κ1) is 16.8. The van der Waals surface area contributed by atoms with E-state index in [4.69, 9.17) is 0 Å². The van der Waals surface area contributed by atoms with E-state index in [-0.39, 0.29) is 17.9 Å². The number of piperazine rings is 1. The fourth-order valence-corrected chi connectivity index (χ4v) is 3.75. The Balaban J connectivity index is 1.82. The topological polar surface area (TPSA) is 64.7 Å². The second-order valence-electron chi connectivity index (χ2n) is 6.86. The van der Waals surface area contributed by atoms with E-state index in [1.165, 1.54) is 5.69 Å². The van der Waals surface area contributed by atoms with Crippen LogP contribution in [0.5, 0.6) is 0 Å². The van der Waals surface area contributed by atoms with Crippen LogP contribution in [0.25, 0.3) is 0 Å². The lowest BCUT2D eigenvalue weighted by Gasteiger charge is -2.42. The van der Waals surface area contributed by atoms with Crippen molar-refractivity contribution in [3.63, 3.8) is 0 Å². The molecule has 3 atom stereocenters. The molecule has 2 amide bonds. The highest BCUT2D eigenvalue weighted by Crippen LogP contribution is 2.28. The molecule has 6 heteroatoms. The number of anilines is 2. The Bertz CT molecular complexity index is 623. The van der Waals surface area contributed by atoms with Gasteiger partial charge in [0.05, 0.1) is 0 Å². The highest BCUT2D eigenvalue weighted by molar-refractivity contribution is 6.01. The minimum absolute atomic E-state index is 0.179. The van der Waals surface area contributed by atoms with Crippen molar-refractivity contribution in [1.29, 1.82) is 0 Å².